The molecule has 3 rings (SSSR count). The molecule has 1 aromatic heterocycles. The Balaban J connectivity index is 1.83. The van der Waals surface area contributed by atoms with Crippen molar-refractivity contribution < 1.29 is 8.91 Å². The van der Waals surface area contributed by atoms with E-state index in [1.807, 2.05) is 0 Å². The van der Waals surface area contributed by atoms with Crippen molar-refractivity contribution >= 4 is 0 Å². The van der Waals surface area contributed by atoms with E-state index in [9.17, 15) is 4.39 Å². The Bertz CT molecular complexity index is 613. The third kappa shape index (κ3) is 2.22. The lowest BCUT2D eigenvalue weighted by atomic mass is 9.85. The van der Waals surface area contributed by atoms with Gasteiger partial charge in [-0.1, -0.05) is 29.8 Å². The molecule has 0 saturated heterocycles. The molecule has 20 heavy (non-hydrogen) atoms. The molecule has 0 amide bonds. The summed E-state index contributed by atoms with van der Waals surface area (Å²) in [6, 6.07) is 6.68. The van der Waals surface area contributed by atoms with Gasteiger partial charge in [0.1, 0.15) is 5.82 Å². The molecule has 1 aliphatic carbocycles. The van der Waals surface area contributed by atoms with Gasteiger partial charge < -0.3 is 10.3 Å². The SMILES string of the molecule is CC1(c2nc(Cc3ccccc3F)no2)CCCC1N. The van der Waals surface area contributed by atoms with Crippen LogP contribution in [-0.4, -0.2) is 16.2 Å². The van der Waals surface area contributed by atoms with Crippen LogP contribution in [0.5, 0.6) is 0 Å². The van der Waals surface area contributed by atoms with E-state index in [-0.39, 0.29) is 17.3 Å². The second-order valence-electron chi connectivity index (χ2n) is 5.70. The van der Waals surface area contributed by atoms with Crippen molar-refractivity contribution in [2.75, 3.05) is 0 Å². The lowest BCUT2D eigenvalue weighted by Gasteiger charge is -2.23. The summed E-state index contributed by atoms with van der Waals surface area (Å²) in [4.78, 5) is 4.43. The van der Waals surface area contributed by atoms with Crippen LogP contribution in [0.4, 0.5) is 4.39 Å². The Morgan fingerprint density at radius 1 is 1.45 bits per heavy atom. The molecule has 2 N–H and O–H groups in total. The van der Waals surface area contributed by atoms with Gasteiger partial charge >= 0.3 is 0 Å². The first-order chi connectivity index (χ1) is 9.59. The molecule has 5 heteroatoms. The zero-order chi connectivity index (χ0) is 14.2. The first-order valence-electron chi connectivity index (χ1n) is 6.91. The smallest absolute Gasteiger partial charge is 0.234 e. The number of rotatable bonds is 3. The fourth-order valence-corrected chi connectivity index (χ4v) is 2.83. The lowest BCUT2D eigenvalue weighted by Crippen LogP contribution is -2.38. The van der Waals surface area contributed by atoms with Gasteiger partial charge in [-0.05, 0) is 31.4 Å². The molecule has 0 aliphatic heterocycles. The number of hydrogen-bond donors (Lipinski definition) is 1. The molecule has 0 radical (unpaired) electrons. The van der Waals surface area contributed by atoms with Gasteiger partial charge in [0.25, 0.3) is 0 Å². The molecule has 2 aromatic rings. The molecule has 4 nitrogen and oxygen atoms in total. The van der Waals surface area contributed by atoms with Crippen molar-refractivity contribution in [3.05, 3.63) is 47.4 Å². The molecular weight excluding hydrogens is 257 g/mol. The molecule has 0 bridgehead atoms. The summed E-state index contributed by atoms with van der Waals surface area (Å²) < 4.78 is 19.0. The Kier molecular flexibility index (Phi) is 3.30. The van der Waals surface area contributed by atoms with E-state index in [4.69, 9.17) is 10.3 Å². The highest BCUT2D eigenvalue weighted by Crippen LogP contribution is 2.38. The fourth-order valence-electron chi connectivity index (χ4n) is 2.83. The first-order valence-corrected chi connectivity index (χ1v) is 6.91. The monoisotopic (exact) mass is 275 g/mol. The van der Waals surface area contributed by atoms with Crippen molar-refractivity contribution in [3.8, 4) is 0 Å². The number of hydrogen-bond acceptors (Lipinski definition) is 4. The van der Waals surface area contributed by atoms with E-state index in [1.54, 1.807) is 18.2 Å². The summed E-state index contributed by atoms with van der Waals surface area (Å²) >= 11 is 0. The largest absolute Gasteiger partial charge is 0.339 e. The number of halogens is 1. The first kappa shape index (κ1) is 13.2. The normalized spacial score (nSPS) is 26.1. The van der Waals surface area contributed by atoms with Gasteiger partial charge in [-0.3, -0.25) is 0 Å². The molecule has 106 valence electrons. The average Bonchev–Trinajstić information content (AvgIpc) is 3.02. The lowest BCUT2D eigenvalue weighted by molar-refractivity contribution is 0.276. The van der Waals surface area contributed by atoms with E-state index in [1.165, 1.54) is 6.07 Å². The van der Waals surface area contributed by atoms with Crippen LogP contribution in [0.2, 0.25) is 0 Å². The standard InChI is InChI=1S/C15H18FN3O/c1-15(8-4-7-12(15)17)14-18-13(19-20-14)9-10-5-2-3-6-11(10)16/h2-3,5-6,12H,4,7-9,17H2,1H3. The highest BCUT2D eigenvalue weighted by molar-refractivity contribution is 5.21. The molecule has 2 atom stereocenters. The Morgan fingerprint density at radius 2 is 2.25 bits per heavy atom. The van der Waals surface area contributed by atoms with Crippen LogP contribution in [0.15, 0.2) is 28.8 Å². The number of benzene rings is 1. The number of nitrogens with zero attached hydrogens (tertiary/aromatic N) is 2. The maximum atomic E-state index is 13.6. The predicted octanol–water partition coefficient (Wildman–Crippen LogP) is 2.57. The van der Waals surface area contributed by atoms with Gasteiger partial charge in [0.05, 0.1) is 5.41 Å². The third-order valence-corrected chi connectivity index (χ3v) is 4.29. The molecular formula is C15H18FN3O. The highest BCUT2D eigenvalue weighted by atomic mass is 19.1. The van der Waals surface area contributed by atoms with Gasteiger partial charge in [0.2, 0.25) is 5.89 Å². The van der Waals surface area contributed by atoms with Crippen molar-refractivity contribution in [2.24, 2.45) is 5.73 Å². The summed E-state index contributed by atoms with van der Waals surface area (Å²) in [7, 11) is 0. The minimum atomic E-state index is -0.250. The topological polar surface area (TPSA) is 64.9 Å². The maximum Gasteiger partial charge on any atom is 0.234 e. The van der Waals surface area contributed by atoms with Gasteiger partial charge in [0, 0.05) is 12.5 Å². The minimum Gasteiger partial charge on any atom is -0.339 e. The second-order valence-corrected chi connectivity index (χ2v) is 5.70. The van der Waals surface area contributed by atoms with E-state index in [0.29, 0.717) is 23.7 Å². The van der Waals surface area contributed by atoms with Crippen molar-refractivity contribution in [3.63, 3.8) is 0 Å². The van der Waals surface area contributed by atoms with Crippen molar-refractivity contribution in [1.29, 1.82) is 0 Å². The fraction of sp³-hybridized carbons (Fsp3) is 0.467. The maximum absolute atomic E-state index is 13.6. The quantitative estimate of drug-likeness (QED) is 0.935. The van der Waals surface area contributed by atoms with Gasteiger partial charge in [-0.15, -0.1) is 0 Å². The predicted molar refractivity (Wildman–Crippen MR) is 72.7 cm³/mol. The van der Waals surface area contributed by atoms with Crippen LogP contribution in [0.3, 0.4) is 0 Å². The van der Waals surface area contributed by atoms with Crippen LogP contribution in [0, 0.1) is 5.82 Å². The van der Waals surface area contributed by atoms with Crippen LogP contribution in [0.25, 0.3) is 0 Å². The van der Waals surface area contributed by atoms with Crippen molar-refractivity contribution in [1.82, 2.24) is 10.1 Å². The zero-order valence-electron chi connectivity index (χ0n) is 11.5. The number of aromatic nitrogens is 2. The summed E-state index contributed by atoms with van der Waals surface area (Å²) in [5.41, 5.74) is 6.46. The molecule has 0 spiro atoms. The molecule has 1 aromatic carbocycles. The molecule has 2 unspecified atom stereocenters. The Labute approximate surface area is 117 Å². The van der Waals surface area contributed by atoms with E-state index >= 15 is 0 Å². The molecule has 1 saturated carbocycles. The van der Waals surface area contributed by atoms with Crippen LogP contribution < -0.4 is 5.73 Å². The van der Waals surface area contributed by atoms with Crippen molar-refractivity contribution in [2.45, 2.75) is 44.1 Å². The van der Waals surface area contributed by atoms with E-state index in [0.717, 1.165) is 19.3 Å². The minimum absolute atomic E-state index is 0.0456. The van der Waals surface area contributed by atoms with Gasteiger partial charge in [-0.25, -0.2) is 4.39 Å². The van der Waals surface area contributed by atoms with Gasteiger partial charge in [0.15, 0.2) is 5.82 Å². The van der Waals surface area contributed by atoms with Crippen LogP contribution >= 0.6 is 0 Å². The molecule has 1 heterocycles. The van der Waals surface area contributed by atoms with Gasteiger partial charge in [-0.2, -0.15) is 4.98 Å². The summed E-state index contributed by atoms with van der Waals surface area (Å²) in [6.07, 6.45) is 3.33. The van der Waals surface area contributed by atoms with E-state index < -0.39 is 0 Å². The highest BCUT2D eigenvalue weighted by Gasteiger charge is 2.42. The second kappa shape index (κ2) is 4.98. The summed E-state index contributed by atoms with van der Waals surface area (Å²) in [5, 5.41) is 3.97. The summed E-state index contributed by atoms with van der Waals surface area (Å²) in [5.74, 6) is 0.835. The van der Waals surface area contributed by atoms with Crippen LogP contribution in [0.1, 0.15) is 43.5 Å². The molecule has 1 aliphatic rings. The average molecular weight is 275 g/mol. The number of nitrogens with two attached hydrogens (primary N) is 1. The van der Waals surface area contributed by atoms with E-state index in [2.05, 4.69) is 17.1 Å². The zero-order valence-corrected chi connectivity index (χ0v) is 11.5. The molecule has 1 fully saturated rings. The van der Waals surface area contributed by atoms with Crippen LogP contribution in [-0.2, 0) is 11.8 Å². The Hall–Kier alpha value is -1.75. The Morgan fingerprint density at radius 3 is 2.95 bits per heavy atom. The third-order valence-electron chi connectivity index (χ3n) is 4.29. The summed E-state index contributed by atoms with van der Waals surface area (Å²) in [6.45, 7) is 2.06.